The number of aryl methyl sites for hydroxylation is 2. The molecule has 6 N–H and O–H groups in total. The van der Waals surface area contributed by atoms with Gasteiger partial charge in [-0.25, -0.2) is 9.13 Å². The average molecular weight is 304 g/mol. The van der Waals surface area contributed by atoms with Crippen LogP contribution in [-0.4, -0.2) is 30.7 Å². The first-order valence-corrected chi connectivity index (χ1v) is 7.52. The van der Waals surface area contributed by atoms with Gasteiger partial charge in [0.05, 0.1) is 52.7 Å². The van der Waals surface area contributed by atoms with E-state index in [0.717, 1.165) is 37.8 Å². The first kappa shape index (κ1) is 16.1. The fraction of sp³-hybridized carbons (Fsp3) is 0.400. The lowest BCUT2D eigenvalue weighted by Gasteiger charge is -2.21. The predicted octanol–water partition coefficient (Wildman–Crippen LogP) is -0.445. The molecule has 0 aliphatic rings. The van der Waals surface area contributed by atoms with Gasteiger partial charge in [0, 0.05) is 10.8 Å². The van der Waals surface area contributed by atoms with Crippen molar-refractivity contribution in [3.8, 4) is 0 Å². The molecule has 0 spiro atoms. The van der Waals surface area contributed by atoms with Crippen LogP contribution >= 0.6 is 0 Å². The molecule has 7 nitrogen and oxygen atoms in total. The van der Waals surface area contributed by atoms with E-state index in [2.05, 4.69) is 38.7 Å². The van der Waals surface area contributed by atoms with Crippen molar-refractivity contribution < 1.29 is 16.0 Å². The van der Waals surface area contributed by atoms with Gasteiger partial charge in [0.2, 0.25) is 0 Å². The summed E-state index contributed by atoms with van der Waals surface area (Å²) in [5, 5.41) is 8.60. The SMILES string of the molecule is Cn1cc[n+](C)c1N=Nc1ccc(N(CC[NH3+])CC[NH3+])cc1. The topological polar surface area (TPSA) is 92.0 Å². The minimum atomic E-state index is 0.805. The smallest absolute Gasteiger partial charge is 0.360 e. The number of nitrogens with zero attached hydrogens (tertiary/aromatic N) is 5. The molecule has 118 valence electrons. The summed E-state index contributed by atoms with van der Waals surface area (Å²) in [6, 6.07) is 8.12. The van der Waals surface area contributed by atoms with Crippen molar-refractivity contribution in [3.63, 3.8) is 0 Å². The minimum absolute atomic E-state index is 0.805. The molecule has 0 amide bonds. The number of aromatic nitrogens is 2. The van der Waals surface area contributed by atoms with Gasteiger partial charge in [-0.05, 0) is 24.3 Å². The molecule has 1 aromatic heterocycles. The molecule has 0 saturated heterocycles. The van der Waals surface area contributed by atoms with Crippen LogP contribution in [0.3, 0.4) is 0 Å². The maximum Gasteiger partial charge on any atom is 0.421 e. The summed E-state index contributed by atoms with van der Waals surface area (Å²) in [5.74, 6) is 0.805. The quantitative estimate of drug-likeness (QED) is 0.526. The van der Waals surface area contributed by atoms with E-state index in [1.54, 1.807) is 0 Å². The Kier molecular flexibility index (Phi) is 5.62. The van der Waals surface area contributed by atoms with E-state index in [1.807, 2.05) is 47.8 Å². The van der Waals surface area contributed by atoms with Gasteiger partial charge in [0.25, 0.3) is 0 Å². The van der Waals surface area contributed by atoms with Gasteiger partial charge in [-0.1, -0.05) is 5.11 Å². The highest BCUT2D eigenvalue weighted by Crippen LogP contribution is 2.21. The molecule has 0 aliphatic heterocycles. The fourth-order valence-electron chi connectivity index (χ4n) is 2.31. The number of hydrogen-bond acceptors (Lipinski definition) is 3. The summed E-state index contributed by atoms with van der Waals surface area (Å²) in [4.78, 5) is 2.29. The van der Waals surface area contributed by atoms with Crippen LogP contribution < -0.4 is 20.9 Å². The molecule has 1 heterocycles. The van der Waals surface area contributed by atoms with Gasteiger partial charge in [0.1, 0.15) is 5.69 Å². The number of rotatable bonds is 7. The lowest BCUT2D eigenvalue weighted by atomic mass is 10.2. The van der Waals surface area contributed by atoms with Crippen LogP contribution in [-0.2, 0) is 14.1 Å². The third kappa shape index (κ3) is 3.90. The Balaban J connectivity index is 2.11. The maximum atomic E-state index is 4.30. The Hall–Kier alpha value is -2.25. The summed E-state index contributed by atoms with van der Waals surface area (Å²) in [7, 11) is 3.90. The predicted molar refractivity (Wildman–Crippen MR) is 84.9 cm³/mol. The Morgan fingerprint density at radius 2 is 1.73 bits per heavy atom. The van der Waals surface area contributed by atoms with E-state index in [0.29, 0.717) is 0 Å². The second kappa shape index (κ2) is 7.67. The van der Waals surface area contributed by atoms with Crippen LogP contribution in [0, 0.1) is 0 Å². The van der Waals surface area contributed by atoms with Gasteiger partial charge in [0.15, 0.2) is 0 Å². The third-order valence-electron chi connectivity index (χ3n) is 3.47. The third-order valence-corrected chi connectivity index (χ3v) is 3.47. The number of benzene rings is 1. The molecule has 0 aliphatic carbocycles. The lowest BCUT2D eigenvalue weighted by Crippen LogP contribution is -2.59. The molecule has 0 radical (unpaired) electrons. The molecule has 2 aromatic rings. The van der Waals surface area contributed by atoms with Crippen molar-refractivity contribution in [2.24, 2.45) is 24.3 Å². The van der Waals surface area contributed by atoms with Crippen molar-refractivity contribution in [2.75, 3.05) is 31.1 Å². The monoisotopic (exact) mass is 304 g/mol. The van der Waals surface area contributed by atoms with E-state index >= 15 is 0 Å². The van der Waals surface area contributed by atoms with E-state index in [9.17, 15) is 0 Å². The van der Waals surface area contributed by atoms with Gasteiger partial charge >= 0.3 is 5.95 Å². The zero-order valence-electron chi connectivity index (χ0n) is 13.4. The van der Waals surface area contributed by atoms with Crippen LogP contribution in [0.1, 0.15) is 0 Å². The number of imidazole rings is 1. The van der Waals surface area contributed by atoms with Crippen LogP contribution in [0.5, 0.6) is 0 Å². The molecule has 0 saturated carbocycles. The average Bonchev–Trinajstić information content (AvgIpc) is 2.84. The van der Waals surface area contributed by atoms with E-state index < -0.39 is 0 Å². The summed E-state index contributed by atoms with van der Waals surface area (Å²) in [5.41, 5.74) is 9.87. The number of anilines is 1. The standard InChI is InChI=1S/C15H24N7/c1-20-11-12-21(2)15(20)19-18-13-3-5-14(6-4-13)22(9-7-16)10-8-17/h3-6,11-12H,7-10,16-17H2,1-2H3/q+1/p+2. The first-order chi connectivity index (χ1) is 10.7. The fourth-order valence-corrected chi connectivity index (χ4v) is 2.31. The molecule has 0 fully saturated rings. The molecule has 0 unspecified atom stereocenters. The van der Waals surface area contributed by atoms with E-state index in [-0.39, 0.29) is 0 Å². The second-order valence-corrected chi connectivity index (χ2v) is 5.23. The van der Waals surface area contributed by atoms with E-state index in [1.165, 1.54) is 5.69 Å². The van der Waals surface area contributed by atoms with Gasteiger partial charge < -0.3 is 16.4 Å². The highest BCUT2D eigenvalue weighted by molar-refractivity contribution is 5.52. The minimum Gasteiger partial charge on any atom is -0.360 e. The number of azo groups is 1. The highest BCUT2D eigenvalue weighted by Gasteiger charge is 2.10. The Bertz CT molecular complexity index is 590. The van der Waals surface area contributed by atoms with Crippen molar-refractivity contribution >= 4 is 17.3 Å². The molecular weight excluding hydrogens is 278 g/mol. The zero-order valence-corrected chi connectivity index (χ0v) is 13.4. The highest BCUT2D eigenvalue weighted by atomic mass is 15.3. The molecule has 2 rings (SSSR count). The Labute approximate surface area is 130 Å². The summed E-state index contributed by atoms with van der Waals surface area (Å²) < 4.78 is 3.87. The van der Waals surface area contributed by atoms with Gasteiger partial charge in [-0.3, -0.25) is 0 Å². The van der Waals surface area contributed by atoms with Crippen molar-refractivity contribution in [1.82, 2.24) is 4.57 Å². The van der Waals surface area contributed by atoms with Crippen molar-refractivity contribution in [1.29, 1.82) is 0 Å². The lowest BCUT2D eigenvalue weighted by molar-refractivity contribution is -0.657. The molecule has 22 heavy (non-hydrogen) atoms. The summed E-state index contributed by atoms with van der Waals surface area (Å²) in [6.45, 7) is 3.64. The summed E-state index contributed by atoms with van der Waals surface area (Å²) >= 11 is 0. The Morgan fingerprint density at radius 1 is 1.09 bits per heavy atom. The first-order valence-electron chi connectivity index (χ1n) is 7.52. The van der Waals surface area contributed by atoms with Crippen molar-refractivity contribution in [2.45, 2.75) is 0 Å². The maximum absolute atomic E-state index is 4.30. The number of hydrogen-bond donors (Lipinski definition) is 2. The van der Waals surface area contributed by atoms with E-state index in [4.69, 9.17) is 0 Å². The van der Waals surface area contributed by atoms with Crippen LogP contribution in [0.15, 0.2) is 46.9 Å². The summed E-state index contributed by atoms with van der Waals surface area (Å²) in [6.07, 6.45) is 3.90. The molecule has 1 aromatic carbocycles. The van der Waals surface area contributed by atoms with Crippen molar-refractivity contribution in [3.05, 3.63) is 36.7 Å². The van der Waals surface area contributed by atoms with Crippen LogP contribution in [0.2, 0.25) is 0 Å². The molecule has 0 bridgehead atoms. The van der Waals surface area contributed by atoms with Crippen LogP contribution in [0.4, 0.5) is 17.3 Å². The largest absolute Gasteiger partial charge is 0.421 e. The molecule has 7 heteroatoms. The second-order valence-electron chi connectivity index (χ2n) is 5.23. The molecule has 0 atom stereocenters. The van der Waals surface area contributed by atoms with Crippen LogP contribution in [0.25, 0.3) is 0 Å². The zero-order chi connectivity index (χ0) is 15.9. The van der Waals surface area contributed by atoms with Gasteiger partial charge in [-0.15, -0.1) is 0 Å². The molecular formula is C15H26N7+3. The number of quaternary nitrogens is 2. The Morgan fingerprint density at radius 3 is 2.23 bits per heavy atom. The van der Waals surface area contributed by atoms with Gasteiger partial charge in [-0.2, -0.15) is 0 Å². The normalized spacial score (nSPS) is 11.3.